The number of ether oxygens (including phenoxy) is 2. The van der Waals surface area contributed by atoms with Gasteiger partial charge in [0.1, 0.15) is 29.2 Å². The van der Waals surface area contributed by atoms with E-state index in [1.165, 1.54) is 24.5 Å². The van der Waals surface area contributed by atoms with Crippen molar-refractivity contribution in [3.63, 3.8) is 0 Å². The average molecular weight is 492 g/mol. The predicted molar refractivity (Wildman–Crippen MR) is 138 cm³/mol. The van der Waals surface area contributed by atoms with Crippen molar-refractivity contribution in [2.24, 2.45) is 0 Å². The number of hydrogen-bond acceptors (Lipinski definition) is 6. The van der Waals surface area contributed by atoms with Gasteiger partial charge in [-0.25, -0.2) is 14.4 Å². The number of halogens is 1. The van der Waals surface area contributed by atoms with Crippen LogP contribution in [0.4, 0.5) is 15.9 Å². The van der Waals surface area contributed by atoms with Gasteiger partial charge >= 0.3 is 0 Å². The van der Waals surface area contributed by atoms with Crippen molar-refractivity contribution in [3.8, 4) is 11.5 Å². The molecule has 36 heavy (non-hydrogen) atoms. The van der Waals surface area contributed by atoms with E-state index in [1.54, 1.807) is 7.11 Å². The van der Waals surface area contributed by atoms with Gasteiger partial charge in [0.15, 0.2) is 5.82 Å². The van der Waals surface area contributed by atoms with Crippen LogP contribution >= 0.6 is 0 Å². The fourth-order valence-corrected chi connectivity index (χ4v) is 3.76. The van der Waals surface area contributed by atoms with Gasteiger partial charge in [0, 0.05) is 31.1 Å². The molecule has 0 saturated heterocycles. The first-order chi connectivity index (χ1) is 17.1. The van der Waals surface area contributed by atoms with E-state index < -0.39 is 17.3 Å². The molecule has 0 fully saturated rings. The minimum atomic E-state index is -0.605. The van der Waals surface area contributed by atoms with Gasteiger partial charge in [0.2, 0.25) is 0 Å². The van der Waals surface area contributed by atoms with Gasteiger partial charge in [-0.3, -0.25) is 4.79 Å². The van der Waals surface area contributed by atoms with Crippen LogP contribution in [0.25, 0.3) is 11.0 Å². The number of aryl methyl sites for hydroxylation is 1. The number of anilines is 2. The van der Waals surface area contributed by atoms with Gasteiger partial charge in [0.05, 0.1) is 17.7 Å². The number of fused-ring (bicyclic) bond motifs is 1. The number of rotatable bonds is 8. The molecule has 0 unspecified atom stereocenters. The van der Waals surface area contributed by atoms with Crippen molar-refractivity contribution in [1.29, 1.82) is 0 Å². The fourth-order valence-electron chi connectivity index (χ4n) is 3.76. The maximum absolute atomic E-state index is 14.3. The van der Waals surface area contributed by atoms with Crippen LogP contribution in [0.5, 0.6) is 11.5 Å². The van der Waals surface area contributed by atoms with Gasteiger partial charge in [-0.05, 0) is 75.7 Å². The Morgan fingerprint density at radius 2 is 1.92 bits per heavy atom. The summed E-state index contributed by atoms with van der Waals surface area (Å²) in [6.45, 7) is 8.68. The Morgan fingerprint density at radius 3 is 2.64 bits per heavy atom. The van der Waals surface area contributed by atoms with E-state index >= 15 is 0 Å². The lowest BCUT2D eigenvalue weighted by atomic mass is 10.1. The van der Waals surface area contributed by atoms with Crippen LogP contribution in [0.1, 0.15) is 36.7 Å². The topological polar surface area (TPSA) is 90.3 Å². The van der Waals surface area contributed by atoms with Gasteiger partial charge in [-0.15, -0.1) is 0 Å². The highest BCUT2D eigenvalue weighted by atomic mass is 19.1. The molecule has 0 bridgehead atoms. The molecular weight excluding hydrogens is 461 g/mol. The number of methoxy groups -OCH3 is 1. The molecule has 0 aliphatic carbocycles. The number of hydrogen-bond donors (Lipinski definition) is 2. The molecule has 0 aliphatic heterocycles. The first-order valence-electron chi connectivity index (χ1n) is 11.6. The molecule has 2 heterocycles. The molecule has 1 amide bonds. The van der Waals surface area contributed by atoms with Crippen LogP contribution in [-0.4, -0.2) is 39.7 Å². The second-order valence-corrected chi connectivity index (χ2v) is 9.51. The molecule has 0 saturated carbocycles. The second kappa shape index (κ2) is 10.3. The lowest BCUT2D eigenvalue weighted by Crippen LogP contribution is -2.40. The number of carbonyl (C=O) groups excluding carboxylic acids is 1. The second-order valence-electron chi connectivity index (χ2n) is 9.51. The number of aromatic nitrogens is 3. The zero-order chi connectivity index (χ0) is 25.9. The summed E-state index contributed by atoms with van der Waals surface area (Å²) in [5.74, 6) is 0.542. The van der Waals surface area contributed by atoms with Crippen molar-refractivity contribution in [2.75, 3.05) is 19.0 Å². The van der Waals surface area contributed by atoms with E-state index in [2.05, 4.69) is 20.6 Å². The Bertz CT molecular complexity index is 1390. The summed E-state index contributed by atoms with van der Waals surface area (Å²) in [4.78, 5) is 21.3. The van der Waals surface area contributed by atoms with Crippen LogP contribution in [0, 0.1) is 12.7 Å². The summed E-state index contributed by atoms with van der Waals surface area (Å²) in [5.41, 5.74) is 2.85. The van der Waals surface area contributed by atoms with E-state index in [4.69, 9.17) is 9.47 Å². The summed E-state index contributed by atoms with van der Waals surface area (Å²) in [5, 5.41) is 6.14. The third-order valence-corrected chi connectivity index (χ3v) is 5.42. The largest absolute Gasteiger partial charge is 0.457 e. The van der Waals surface area contributed by atoms with Gasteiger partial charge in [-0.1, -0.05) is 0 Å². The Labute approximate surface area is 209 Å². The molecule has 2 aromatic carbocycles. The first kappa shape index (κ1) is 25.1. The lowest BCUT2D eigenvalue weighted by molar-refractivity contribution is 0.0915. The molecule has 0 spiro atoms. The van der Waals surface area contributed by atoms with Crippen molar-refractivity contribution in [2.45, 2.75) is 39.8 Å². The van der Waals surface area contributed by atoms with Crippen LogP contribution in [0.15, 0.2) is 55.0 Å². The summed E-state index contributed by atoms with van der Waals surface area (Å²) in [6.07, 6.45) is 3.49. The summed E-state index contributed by atoms with van der Waals surface area (Å²) >= 11 is 0. The highest BCUT2D eigenvalue weighted by molar-refractivity contribution is 5.95. The van der Waals surface area contributed by atoms with E-state index in [-0.39, 0.29) is 5.56 Å². The van der Waals surface area contributed by atoms with E-state index in [1.807, 2.05) is 62.7 Å². The van der Waals surface area contributed by atoms with E-state index in [9.17, 15) is 9.18 Å². The van der Waals surface area contributed by atoms with Crippen LogP contribution in [-0.2, 0) is 11.3 Å². The Balaban J connectivity index is 1.54. The maximum Gasteiger partial charge on any atom is 0.254 e. The van der Waals surface area contributed by atoms with Gasteiger partial charge in [0.25, 0.3) is 5.91 Å². The van der Waals surface area contributed by atoms with Gasteiger partial charge in [-0.2, -0.15) is 0 Å². The molecule has 0 radical (unpaired) electrons. The highest BCUT2D eigenvalue weighted by Gasteiger charge is 2.19. The molecule has 2 aromatic heterocycles. The highest BCUT2D eigenvalue weighted by Crippen LogP contribution is 2.31. The zero-order valence-corrected chi connectivity index (χ0v) is 21.1. The fraction of sp³-hybridized carbons (Fsp3) is 0.296. The number of nitrogens with one attached hydrogen (secondary N) is 2. The molecule has 0 aliphatic rings. The maximum atomic E-state index is 14.3. The predicted octanol–water partition coefficient (Wildman–Crippen LogP) is 5.59. The van der Waals surface area contributed by atoms with E-state index in [0.717, 1.165) is 22.3 Å². The number of benzene rings is 2. The van der Waals surface area contributed by atoms with Crippen molar-refractivity contribution in [1.82, 2.24) is 19.9 Å². The van der Waals surface area contributed by atoms with Crippen LogP contribution in [0.2, 0.25) is 0 Å². The Hall–Kier alpha value is -3.98. The molecule has 2 N–H and O–H groups in total. The molecule has 4 rings (SSSR count). The lowest BCUT2D eigenvalue weighted by Gasteiger charge is -2.21. The minimum Gasteiger partial charge on any atom is -0.457 e. The molecule has 188 valence electrons. The van der Waals surface area contributed by atoms with Crippen LogP contribution in [0.3, 0.4) is 0 Å². The molecular formula is C27H30FN5O3. The smallest absolute Gasteiger partial charge is 0.254 e. The summed E-state index contributed by atoms with van der Waals surface area (Å²) in [6, 6.07) is 11.7. The number of nitrogens with zero attached hydrogens (tertiary/aromatic N) is 3. The van der Waals surface area contributed by atoms with Crippen molar-refractivity contribution < 1.29 is 18.7 Å². The normalized spacial score (nSPS) is 11.5. The summed E-state index contributed by atoms with van der Waals surface area (Å²) < 4.78 is 27.6. The minimum absolute atomic E-state index is 0.0670. The number of carbonyl (C=O) groups is 1. The van der Waals surface area contributed by atoms with Crippen LogP contribution < -0.4 is 15.4 Å². The first-order valence-corrected chi connectivity index (χ1v) is 11.6. The number of amides is 1. The molecule has 4 aromatic rings. The van der Waals surface area contributed by atoms with Crippen molar-refractivity contribution >= 4 is 28.4 Å². The SMILES string of the molecule is COCCn1ccc2ncnc(Nc3ccc(Oc4ccc(F)c(C(=O)NC(C)(C)C)c4)c(C)c3)c21. The third-order valence-electron chi connectivity index (χ3n) is 5.42. The Kier molecular flexibility index (Phi) is 7.21. The molecule has 8 nitrogen and oxygen atoms in total. The third kappa shape index (κ3) is 5.80. The van der Waals surface area contributed by atoms with Crippen molar-refractivity contribution in [3.05, 3.63) is 71.9 Å². The monoisotopic (exact) mass is 491 g/mol. The zero-order valence-electron chi connectivity index (χ0n) is 21.1. The van der Waals surface area contributed by atoms with Gasteiger partial charge < -0.3 is 24.7 Å². The standard InChI is InChI=1S/C27H30FN5O3/c1-17-14-18(31-25-24-22(29-16-30-25)10-11-33(24)12-13-35-5)6-9-23(17)36-19-7-8-21(28)20(15-19)26(34)32-27(2,3)4/h6-11,14-16H,12-13H2,1-5H3,(H,32,34)(H,29,30,31). The Morgan fingerprint density at radius 1 is 1.11 bits per heavy atom. The molecule has 9 heteroatoms. The quantitative estimate of drug-likeness (QED) is 0.334. The van der Waals surface area contributed by atoms with E-state index in [0.29, 0.717) is 30.5 Å². The summed E-state index contributed by atoms with van der Waals surface area (Å²) in [7, 11) is 1.67. The molecule has 0 atom stereocenters. The average Bonchev–Trinajstić information content (AvgIpc) is 3.23.